The van der Waals surface area contributed by atoms with Crippen LogP contribution in [0.4, 0.5) is 11.4 Å². The summed E-state index contributed by atoms with van der Waals surface area (Å²) >= 11 is 11.9. The second-order valence-corrected chi connectivity index (χ2v) is 8.68. The van der Waals surface area contributed by atoms with E-state index >= 15 is 0 Å². The Labute approximate surface area is 156 Å². The summed E-state index contributed by atoms with van der Waals surface area (Å²) in [6, 6.07) is 9.78. The van der Waals surface area contributed by atoms with E-state index in [1.165, 1.54) is 10.4 Å². The van der Waals surface area contributed by atoms with Gasteiger partial charge in [0, 0.05) is 17.3 Å². The highest BCUT2D eigenvalue weighted by atomic mass is 35.5. The van der Waals surface area contributed by atoms with Crippen LogP contribution in [-0.2, 0) is 10.0 Å². The minimum atomic E-state index is -3.24. The van der Waals surface area contributed by atoms with Crippen molar-refractivity contribution in [3.63, 3.8) is 0 Å². The Kier molecular flexibility index (Phi) is 4.95. The molecule has 25 heavy (non-hydrogen) atoms. The first kappa shape index (κ1) is 18.0. The Bertz CT molecular complexity index is 945. The first-order chi connectivity index (χ1) is 11.8. The van der Waals surface area contributed by atoms with Gasteiger partial charge in [0.2, 0.25) is 10.0 Å². The van der Waals surface area contributed by atoms with Crippen LogP contribution in [0, 0.1) is 6.92 Å². The van der Waals surface area contributed by atoms with Crippen molar-refractivity contribution in [1.29, 1.82) is 0 Å². The molecule has 1 aliphatic rings. The lowest BCUT2D eigenvalue weighted by molar-refractivity contribution is 0.102. The molecule has 0 radical (unpaired) electrons. The Morgan fingerprint density at radius 2 is 1.92 bits per heavy atom. The third kappa shape index (κ3) is 3.76. The molecule has 2 aromatic rings. The molecule has 1 heterocycles. The van der Waals surface area contributed by atoms with Gasteiger partial charge in [0.25, 0.3) is 5.91 Å². The molecule has 0 aliphatic carbocycles. The van der Waals surface area contributed by atoms with Crippen LogP contribution in [0.25, 0.3) is 0 Å². The molecule has 0 saturated carbocycles. The van der Waals surface area contributed by atoms with Crippen molar-refractivity contribution in [1.82, 2.24) is 0 Å². The Morgan fingerprint density at radius 3 is 2.52 bits per heavy atom. The van der Waals surface area contributed by atoms with E-state index in [0.29, 0.717) is 34.9 Å². The molecule has 3 rings (SSSR count). The maximum Gasteiger partial charge on any atom is 0.257 e. The molecule has 1 N–H and O–H groups in total. The maximum absolute atomic E-state index is 12.4. The molecule has 2 aromatic carbocycles. The molecule has 132 valence electrons. The summed E-state index contributed by atoms with van der Waals surface area (Å²) in [6.07, 6.45) is 0.620. The van der Waals surface area contributed by atoms with Gasteiger partial charge in [-0.05, 0) is 55.3 Å². The summed E-state index contributed by atoms with van der Waals surface area (Å²) in [7, 11) is -3.24. The van der Waals surface area contributed by atoms with Crippen molar-refractivity contribution in [2.24, 2.45) is 0 Å². The Balaban J connectivity index is 1.82. The van der Waals surface area contributed by atoms with Crippen LogP contribution in [0.1, 0.15) is 22.3 Å². The summed E-state index contributed by atoms with van der Waals surface area (Å²) in [4.78, 5) is 12.4. The van der Waals surface area contributed by atoms with Gasteiger partial charge in [-0.15, -0.1) is 0 Å². The number of aryl methyl sites for hydroxylation is 1. The van der Waals surface area contributed by atoms with E-state index in [9.17, 15) is 13.2 Å². The smallest absolute Gasteiger partial charge is 0.257 e. The van der Waals surface area contributed by atoms with Crippen molar-refractivity contribution in [2.75, 3.05) is 21.9 Å². The quantitative estimate of drug-likeness (QED) is 0.846. The fourth-order valence-electron chi connectivity index (χ4n) is 2.80. The van der Waals surface area contributed by atoms with E-state index in [4.69, 9.17) is 23.2 Å². The van der Waals surface area contributed by atoms with E-state index < -0.39 is 10.0 Å². The largest absolute Gasteiger partial charge is 0.322 e. The summed E-state index contributed by atoms with van der Waals surface area (Å²) in [5.41, 5.74) is 2.29. The minimum absolute atomic E-state index is 0.167. The molecule has 0 bridgehead atoms. The van der Waals surface area contributed by atoms with E-state index in [1.807, 2.05) is 6.92 Å². The molecule has 0 spiro atoms. The average Bonchev–Trinajstić information content (AvgIpc) is 2.86. The molecule has 8 heteroatoms. The normalized spacial score (nSPS) is 16.0. The first-order valence-corrected chi connectivity index (χ1v) is 10.0. The van der Waals surface area contributed by atoms with Gasteiger partial charge in [-0.2, -0.15) is 0 Å². The number of rotatable bonds is 3. The number of benzene rings is 2. The molecule has 0 aromatic heterocycles. The highest BCUT2D eigenvalue weighted by Crippen LogP contribution is 2.30. The second-order valence-electron chi connectivity index (χ2n) is 5.82. The van der Waals surface area contributed by atoms with E-state index in [-0.39, 0.29) is 16.7 Å². The SMILES string of the molecule is Cc1cc(NC(=O)c2ccc(Cl)cc2Cl)ccc1N1CCCS1(=O)=O. The van der Waals surface area contributed by atoms with E-state index in [2.05, 4.69) is 5.32 Å². The molecule has 0 atom stereocenters. The fraction of sp³-hybridized carbons (Fsp3) is 0.235. The third-order valence-corrected chi connectivity index (χ3v) is 6.40. The van der Waals surface area contributed by atoms with Gasteiger partial charge < -0.3 is 5.32 Å². The molecule has 1 amide bonds. The van der Waals surface area contributed by atoms with E-state index in [1.54, 1.807) is 30.3 Å². The van der Waals surface area contributed by atoms with Crippen LogP contribution in [0.2, 0.25) is 10.0 Å². The lowest BCUT2D eigenvalue weighted by Crippen LogP contribution is -2.25. The Hall–Kier alpha value is -1.76. The monoisotopic (exact) mass is 398 g/mol. The number of carbonyl (C=O) groups excluding carboxylic acids is 1. The lowest BCUT2D eigenvalue weighted by Gasteiger charge is -2.20. The number of carbonyl (C=O) groups is 1. The van der Waals surface area contributed by atoms with Crippen molar-refractivity contribution < 1.29 is 13.2 Å². The number of amides is 1. The summed E-state index contributed by atoms with van der Waals surface area (Å²) < 4.78 is 25.5. The highest BCUT2D eigenvalue weighted by Gasteiger charge is 2.29. The Morgan fingerprint density at radius 1 is 1.16 bits per heavy atom. The van der Waals surface area contributed by atoms with Gasteiger partial charge in [0.15, 0.2) is 0 Å². The van der Waals surface area contributed by atoms with Gasteiger partial charge in [0.1, 0.15) is 0 Å². The summed E-state index contributed by atoms with van der Waals surface area (Å²) in [5, 5.41) is 3.48. The van der Waals surface area contributed by atoms with Crippen LogP contribution in [0.15, 0.2) is 36.4 Å². The average molecular weight is 399 g/mol. The molecule has 5 nitrogen and oxygen atoms in total. The predicted octanol–water partition coefficient (Wildman–Crippen LogP) is 4.09. The number of halogens is 2. The van der Waals surface area contributed by atoms with Gasteiger partial charge >= 0.3 is 0 Å². The fourth-order valence-corrected chi connectivity index (χ4v) is 4.92. The van der Waals surface area contributed by atoms with Crippen LogP contribution < -0.4 is 9.62 Å². The van der Waals surface area contributed by atoms with Crippen molar-refractivity contribution in [2.45, 2.75) is 13.3 Å². The number of sulfonamides is 1. The van der Waals surface area contributed by atoms with Crippen molar-refractivity contribution in [3.8, 4) is 0 Å². The lowest BCUT2D eigenvalue weighted by atomic mass is 10.1. The maximum atomic E-state index is 12.4. The second kappa shape index (κ2) is 6.86. The number of nitrogens with one attached hydrogen (secondary N) is 1. The molecule has 1 saturated heterocycles. The number of nitrogens with zero attached hydrogens (tertiary/aromatic N) is 1. The van der Waals surface area contributed by atoms with Gasteiger partial charge in [-0.1, -0.05) is 23.2 Å². The molecule has 0 unspecified atom stereocenters. The zero-order valence-corrected chi connectivity index (χ0v) is 15.7. The number of hydrogen-bond acceptors (Lipinski definition) is 3. The van der Waals surface area contributed by atoms with Gasteiger partial charge in [0.05, 0.1) is 22.0 Å². The highest BCUT2D eigenvalue weighted by molar-refractivity contribution is 7.93. The molecular weight excluding hydrogens is 383 g/mol. The third-order valence-electron chi connectivity index (χ3n) is 4.00. The number of hydrogen-bond donors (Lipinski definition) is 1. The van der Waals surface area contributed by atoms with Crippen LogP contribution in [-0.4, -0.2) is 26.6 Å². The zero-order chi connectivity index (χ0) is 18.2. The van der Waals surface area contributed by atoms with Crippen LogP contribution >= 0.6 is 23.2 Å². The van der Waals surface area contributed by atoms with Crippen molar-refractivity contribution >= 4 is 50.5 Å². The zero-order valence-electron chi connectivity index (χ0n) is 13.4. The van der Waals surface area contributed by atoms with Gasteiger partial charge in [-0.3, -0.25) is 9.10 Å². The number of anilines is 2. The molecule has 1 fully saturated rings. The topological polar surface area (TPSA) is 66.5 Å². The first-order valence-electron chi connectivity index (χ1n) is 7.65. The summed E-state index contributed by atoms with van der Waals surface area (Å²) in [6.45, 7) is 2.30. The molecular formula is C17H16Cl2N2O3S. The van der Waals surface area contributed by atoms with Crippen LogP contribution in [0.3, 0.4) is 0 Å². The molecule has 1 aliphatic heterocycles. The predicted molar refractivity (Wildman–Crippen MR) is 101 cm³/mol. The summed E-state index contributed by atoms with van der Waals surface area (Å²) in [5.74, 6) is -0.192. The van der Waals surface area contributed by atoms with Gasteiger partial charge in [-0.25, -0.2) is 8.42 Å². The standard InChI is InChI=1S/C17H16Cl2N2O3S/c1-11-9-13(4-6-16(11)21-7-2-8-25(21,23)24)20-17(22)14-5-3-12(18)10-15(14)19/h3-6,9-10H,2,7-8H2,1H3,(H,20,22). The minimum Gasteiger partial charge on any atom is -0.322 e. The van der Waals surface area contributed by atoms with Crippen molar-refractivity contribution in [3.05, 3.63) is 57.6 Å². The van der Waals surface area contributed by atoms with Crippen LogP contribution in [0.5, 0.6) is 0 Å². The van der Waals surface area contributed by atoms with E-state index in [0.717, 1.165) is 5.56 Å².